The van der Waals surface area contributed by atoms with Crippen molar-refractivity contribution < 1.29 is 0 Å². The maximum absolute atomic E-state index is 3.70. The zero-order chi connectivity index (χ0) is 14.5. The summed E-state index contributed by atoms with van der Waals surface area (Å²) in [6.07, 6.45) is 8.61. The van der Waals surface area contributed by atoms with Gasteiger partial charge >= 0.3 is 0 Å². The van der Waals surface area contributed by atoms with E-state index >= 15 is 0 Å². The van der Waals surface area contributed by atoms with Crippen molar-refractivity contribution >= 4 is 0 Å². The van der Waals surface area contributed by atoms with Crippen molar-refractivity contribution in [2.45, 2.75) is 78.3 Å². The molecule has 0 aromatic heterocycles. The third-order valence-electron chi connectivity index (χ3n) is 5.51. The second kappa shape index (κ2) is 7.79. The summed E-state index contributed by atoms with van der Waals surface area (Å²) in [5.41, 5.74) is 0. The third-order valence-corrected chi connectivity index (χ3v) is 5.51. The Labute approximate surface area is 126 Å². The molecule has 2 rings (SSSR count). The van der Waals surface area contributed by atoms with Crippen molar-refractivity contribution in [3.8, 4) is 0 Å². The van der Waals surface area contributed by atoms with E-state index in [4.69, 9.17) is 0 Å². The van der Waals surface area contributed by atoms with Gasteiger partial charge in [-0.2, -0.15) is 0 Å². The fourth-order valence-corrected chi connectivity index (χ4v) is 4.16. The Kier molecular flexibility index (Phi) is 6.35. The first kappa shape index (κ1) is 16.3. The van der Waals surface area contributed by atoms with Gasteiger partial charge in [0.1, 0.15) is 0 Å². The van der Waals surface area contributed by atoms with Crippen molar-refractivity contribution in [1.29, 1.82) is 0 Å². The van der Waals surface area contributed by atoms with Gasteiger partial charge < -0.3 is 10.2 Å². The van der Waals surface area contributed by atoms with E-state index in [2.05, 4.69) is 37.9 Å². The van der Waals surface area contributed by atoms with Crippen LogP contribution in [0.25, 0.3) is 0 Å². The maximum Gasteiger partial charge on any atom is 0.00937 e. The predicted octanol–water partition coefficient (Wildman–Crippen LogP) is 3.91. The highest BCUT2D eigenvalue weighted by atomic mass is 15.1. The molecule has 0 aromatic carbocycles. The number of nitrogens with one attached hydrogen (secondary N) is 1. The Morgan fingerprint density at radius 1 is 0.900 bits per heavy atom. The summed E-state index contributed by atoms with van der Waals surface area (Å²) in [6, 6.07) is 1.40. The fourth-order valence-electron chi connectivity index (χ4n) is 4.16. The lowest BCUT2D eigenvalue weighted by Gasteiger charge is -2.38. The van der Waals surface area contributed by atoms with Crippen LogP contribution in [0.15, 0.2) is 0 Å². The van der Waals surface area contributed by atoms with E-state index in [1.165, 1.54) is 58.2 Å². The molecule has 2 nitrogen and oxygen atoms in total. The lowest BCUT2D eigenvalue weighted by atomic mass is 9.77. The summed E-state index contributed by atoms with van der Waals surface area (Å²) in [6.45, 7) is 13.3. The van der Waals surface area contributed by atoms with Crippen LogP contribution in [0.2, 0.25) is 0 Å². The normalized spacial score (nSPS) is 30.3. The topological polar surface area (TPSA) is 15.3 Å². The van der Waals surface area contributed by atoms with Gasteiger partial charge in [0.25, 0.3) is 0 Å². The molecule has 0 radical (unpaired) electrons. The van der Waals surface area contributed by atoms with Gasteiger partial charge in [-0.15, -0.1) is 0 Å². The molecular weight excluding hydrogens is 244 g/mol. The van der Waals surface area contributed by atoms with Gasteiger partial charge in [0.05, 0.1) is 0 Å². The van der Waals surface area contributed by atoms with Crippen LogP contribution in [-0.2, 0) is 0 Å². The molecular formula is C18H36N2. The van der Waals surface area contributed by atoms with Gasteiger partial charge in [0.2, 0.25) is 0 Å². The first-order chi connectivity index (χ1) is 9.54. The summed E-state index contributed by atoms with van der Waals surface area (Å²) in [7, 11) is 0. The van der Waals surface area contributed by atoms with Crippen molar-refractivity contribution in [2.75, 3.05) is 19.6 Å². The zero-order valence-electron chi connectivity index (χ0n) is 14.2. The van der Waals surface area contributed by atoms with E-state index in [0.29, 0.717) is 6.04 Å². The van der Waals surface area contributed by atoms with E-state index in [1.807, 2.05) is 0 Å². The van der Waals surface area contributed by atoms with Crippen LogP contribution in [-0.4, -0.2) is 36.6 Å². The van der Waals surface area contributed by atoms with Crippen LogP contribution in [0.5, 0.6) is 0 Å². The first-order valence-corrected chi connectivity index (χ1v) is 9.03. The van der Waals surface area contributed by atoms with Crippen LogP contribution in [0.3, 0.4) is 0 Å². The summed E-state index contributed by atoms with van der Waals surface area (Å²) >= 11 is 0. The Balaban J connectivity index is 1.64. The van der Waals surface area contributed by atoms with E-state index < -0.39 is 0 Å². The highest BCUT2D eigenvalue weighted by Crippen LogP contribution is 2.33. The molecule has 0 spiro atoms. The number of nitrogens with zero attached hydrogens (tertiary/aromatic N) is 1. The van der Waals surface area contributed by atoms with Crippen LogP contribution < -0.4 is 5.32 Å². The highest BCUT2D eigenvalue weighted by Gasteiger charge is 2.26. The summed E-state index contributed by atoms with van der Waals surface area (Å²) in [5, 5.41) is 3.70. The summed E-state index contributed by atoms with van der Waals surface area (Å²) in [5.74, 6) is 2.89. The number of hydrogen-bond acceptors (Lipinski definition) is 2. The molecule has 2 aliphatic rings. The lowest BCUT2D eigenvalue weighted by Crippen LogP contribution is -2.46. The number of likely N-dealkylation sites (tertiary alicyclic amines) is 1. The molecule has 0 atom stereocenters. The van der Waals surface area contributed by atoms with Crippen molar-refractivity contribution in [1.82, 2.24) is 10.2 Å². The Hall–Kier alpha value is -0.0800. The SMILES string of the molecule is CC(C)NC1CCN(CC2CCC(C(C)C)CC2)CC1. The van der Waals surface area contributed by atoms with Gasteiger partial charge in [-0.25, -0.2) is 0 Å². The zero-order valence-corrected chi connectivity index (χ0v) is 14.2. The van der Waals surface area contributed by atoms with E-state index in [1.54, 1.807) is 0 Å². The van der Waals surface area contributed by atoms with Gasteiger partial charge in [-0.1, -0.05) is 27.7 Å². The molecule has 20 heavy (non-hydrogen) atoms. The molecule has 0 bridgehead atoms. The number of piperidine rings is 1. The molecule has 118 valence electrons. The first-order valence-electron chi connectivity index (χ1n) is 9.03. The van der Waals surface area contributed by atoms with Gasteiger partial charge in [0, 0.05) is 18.6 Å². The van der Waals surface area contributed by atoms with Gasteiger partial charge in [-0.05, 0) is 69.4 Å². The molecule has 1 saturated carbocycles. The smallest absolute Gasteiger partial charge is 0.00937 e. The molecule has 1 aliphatic carbocycles. The molecule has 2 heteroatoms. The third kappa shape index (κ3) is 5.04. The highest BCUT2D eigenvalue weighted by molar-refractivity contribution is 4.82. The maximum atomic E-state index is 3.70. The quantitative estimate of drug-likeness (QED) is 0.821. The summed E-state index contributed by atoms with van der Waals surface area (Å²) in [4.78, 5) is 2.73. The van der Waals surface area contributed by atoms with Crippen LogP contribution in [0.4, 0.5) is 0 Å². The van der Waals surface area contributed by atoms with Crippen molar-refractivity contribution in [3.05, 3.63) is 0 Å². The summed E-state index contributed by atoms with van der Waals surface area (Å²) < 4.78 is 0. The van der Waals surface area contributed by atoms with E-state index in [9.17, 15) is 0 Å². The molecule has 2 fully saturated rings. The molecule has 0 amide bonds. The average molecular weight is 281 g/mol. The minimum Gasteiger partial charge on any atom is -0.312 e. The second-order valence-corrected chi connectivity index (χ2v) is 7.92. The predicted molar refractivity (Wildman–Crippen MR) is 88.0 cm³/mol. The largest absolute Gasteiger partial charge is 0.312 e. The van der Waals surface area contributed by atoms with Crippen LogP contribution >= 0.6 is 0 Å². The number of hydrogen-bond donors (Lipinski definition) is 1. The minimum atomic E-state index is 0.637. The monoisotopic (exact) mass is 280 g/mol. The molecule has 0 aromatic rings. The van der Waals surface area contributed by atoms with E-state index in [-0.39, 0.29) is 0 Å². The van der Waals surface area contributed by atoms with Crippen LogP contribution in [0.1, 0.15) is 66.2 Å². The Bertz CT molecular complexity index is 259. The molecule has 1 N–H and O–H groups in total. The van der Waals surface area contributed by atoms with E-state index in [0.717, 1.165) is 23.8 Å². The van der Waals surface area contributed by atoms with Crippen molar-refractivity contribution in [2.24, 2.45) is 17.8 Å². The minimum absolute atomic E-state index is 0.637. The van der Waals surface area contributed by atoms with Gasteiger partial charge in [-0.3, -0.25) is 0 Å². The molecule has 1 heterocycles. The lowest BCUT2D eigenvalue weighted by molar-refractivity contribution is 0.134. The standard InChI is InChI=1S/C18H36N2/c1-14(2)17-7-5-16(6-8-17)13-20-11-9-18(10-12-20)19-15(3)4/h14-19H,5-13H2,1-4H3. The van der Waals surface area contributed by atoms with Gasteiger partial charge in [0.15, 0.2) is 0 Å². The van der Waals surface area contributed by atoms with Crippen molar-refractivity contribution in [3.63, 3.8) is 0 Å². The molecule has 1 saturated heterocycles. The Morgan fingerprint density at radius 2 is 1.50 bits per heavy atom. The average Bonchev–Trinajstić information content (AvgIpc) is 2.41. The second-order valence-electron chi connectivity index (χ2n) is 7.92. The molecule has 0 unspecified atom stereocenters. The van der Waals surface area contributed by atoms with Crippen LogP contribution in [0, 0.1) is 17.8 Å². The number of rotatable bonds is 5. The fraction of sp³-hybridized carbons (Fsp3) is 1.00. The molecule has 1 aliphatic heterocycles. The Morgan fingerprint density at radius 3 is 2.00 bits per heavy atom.